The lowest BCUT2D eigenvalue weighted by atomic mass is 9.85. The zero-order valence-corrected chi connectivity index (χ0v) is 7.33. The van der Waals surface area contributed by atoms with E-state index in [2.05, 4.69) is 20.8 Å². The van der Waals surface area contributed by atoms with Gasteiger partial charge in [0.2, 0.25) is 0 Å². The molecule has 0 heterocycles. The summed E-state index contributed by atoms with van der Waals surface area (Å²) in [6.07, 6.45) is 5.32. The van der Waals surface area contributed by atoms with Crippen molar-refractivity contribution in [2.75, 3.05) is 0 Å². The molecule has 0 heteroatoms. The zero-order valence-electron chi connectivity index (χ0n) is 7.33. The minimum Gasteiger partial charge on any atom is -0.0772 e. The van der Waals surface area contributed by atoms with Crippen LogP contribution in [0, 0.1) is 5.92 Å². The Kier molecular flexibility index (Phi) is 2.53. The quantitative estimate of drug-likeness (QED) is 0.448. The molecular weight excluding hydrogens is 120 g/mol. The van der Waals surface area contributed by atoms with Crippen molar-refractivity contribution in [2.24, 2.45) is 0 Å². The molecule has 1 radical (unpaired) electrons. The summed E-state index contributed by atoms with van der Waals surface area (Å²) in [6.45, 7) is 6.74. The maximum absolute atomic E-state index is 2.28. The van der Waals surface area contributed by atoms with Crippen LogP contribution in [0.2, 0.25) is 0 Å². The van der Waals surface area contributed by atoms with Gasteiger partial charge in [-0.25, -0.2) is 0 Å². The van der Waals surface area contributed by atoms with E-state index in [0.29, 0.717) is 0 Å². The summed E-state index contributed by atoms with van der Waals surface area (Å²) in [5.41, 5.74) is 3.25. The van der Waals surface area contributed by atoms with Crippen molar-refractivity contribution < 1.29 is 0 Å². The number of hydrogen-bond donors (Lipinski definition) is 0. The molecule has 0 amide bonds. The molecule has 0 atom stereocenters. The lowest BCUT2D eigenvalue weighted by molar-refractivity contribution is 0.634. The second kappa shape index (κ2) is 3.23. The van der Waals surface area contributed by atoms with Crippen LogP contribution in [0.1, 0.15) is 46.5 Å². The molecule has 0 N–H and O–H groups in total. The van der Waals surface area contributed by atoms with Gasteiger partial charge < -0.3 is 0 Å². The van der Waals surface area contributed by atoms with Gasteiger partial charge in [0.25, 0.3) is 0 Å². The summed E-state index contributed by atoms with van der Waals surface area (Å²) >= 11 is 0. The highest BCUT2D eigenvalue weighted by Crippen LogP contribution is 2.30. The summed E-state index contributed by atoms with van der Waals surface area (Å²) in [5, 5.41) is 0. The van der Waals surface area contributed by atoms with Gasteiger partial charge in [-0.05, 0) is 45.4 Å². The highest BCUT2D eigenvalue weighted by molar-refractivity contribution is 5.15. The van der Waals surface area contributed by atoms with E-state index >= 15 is 0 Å². The summed E-state index contributed by atoms with van der Waals surface area (Å²) in [6, 6.07) is 0. The summed E-state index contributed by atoms with van der Waals surface area (Å²) < 4.78 is 0. The fraction of sp³-hybridized carbons (Fsp3) is 0.700. The van der Waals surface area contributed by atoms with Crippen molar-refractivity contribution in [3.63, 3.8) is 0 Å². The van der Waals surface area contributed by atoms with Crippen LogP contribution in [0.4, 0.5) is 0 Å². The van der Waals surface area contributed by atoms with Gasteiger partial charge in [-0.2, -0.15) is 0 Å². The molecule has 0 unspecified atom stereocenters. The van der Waals surface area contributed by atoms with Gasteiger partial charge in [0, 0.05) is 0 Å². The van der Waals surface area contributed by atoms with Crippen molar-refractivity contribution in [3.05, 3.63) is 17.1 Å². The molecule has 1 fully saturated rings. The van der Waals surface area contributed by atoms with E-state index in [0.717, 1.165) is 0 Å². The Balaban J connectivity index is 2.48. The van der Waals surface area contributed by atoms with Crippen LogP contribution >= 0.6 is 0 Å². The van der Waals surface area contributed by atoms with Crippen LogP contribution in [0.15, 0.2) is 11.1 Å². The van der Waals surface area contributed by atoms with Gasteiger partial charge in [0.15, 0.2) is 0 Å². The molecule has 0 bridgehead atoms. The van der Waals surface area contributed by atoms with Gasteiger partial charge in [-0.3, -0.25) is 0 Å². The first-order valence-corrected chi connectivity index (χ1v) is 4.16. The maximum atomic E-state index is 2.28. The van der Waals surface area contributed by atoms with Crippen molar-refractivity contribution in [3.8, 4) is 0 Å². The first-order valence-electron chi connectivity index (χ1n) is 4.16. The van der Waals surface area contributed by atoms with Crippen molar-refractivity contribution in [1.29, 1.82) is 0 Å². The molecule has 0 spiro atoms. The molecule has 0 saturated heterocycles. The van der Waals surface area contributed by atoms with E-state index in [9.17, 15) is 0 Å². The van der Waals surface area contributed by atoms with E-state index in [1.165, 1.54) is 25.7 Å². The SMILES string of the molecule is C[C]1CCC(=C(C)C)CC1. The van der Waals surface area contributed by atoms with Crippen LogP contribution in [0.25, 0.3) is 0 Å². The minimum absolute atomic E-state index is 1.33. The molecule has 10 heavy (non-hydrogen) atoms. The lowest BCUT2D eigenvalue weighted by Crippen LogP contribution is -2.02. The summed E-state index contributed by atoms with van der Waals surface area (Å²) in [7, 11) is 0. The molecule has 1 rings (SSSR count). The number of allylic oxidation sites excluding steroid dienone is 2. The van der Waals surface area contributed by atoms with E-state index < -0.39 is 0 Å². The second-order valence-corrected chi connectivity index (χ2v) is 3.56. The molecule has 0 aromatic heterocycles. The molecule has 0 nitrogen and oxygen atoms in total. The van der Waals surface area contributed by atoms with Crippen LogP contribution in [0.3, 0.4) is 0 Å². The molecule has 0 aliphatic heterocycles. The third-order valence-corrected chi connectivity index (χ3v) is 2.41. The van der Waals surface area contributed by atoms with Gasteiger partial charge in [-0.15, -0.1) is 0 Å². The highest BCUT2D eigenvalue weighted by Gasteiger charge is 2.12. The van der Waals surface area contributed by atoms with Gasteiger partial charge in [-0.1, -0.05) is 18.1 Å². The van der Waals surface area contributed by atoms with Crippen LogP contribution in [-0.4, -0.2) is 0 Å². The molecule has 1 saturated carbocycles. The monoisotopic (exact) mass is 137 g/mol. The van der Waals surface area contributed by atoms with Crippen LogP contribution in [0.5, 0.6) is 0 Å². The van der Waals surface area contributed by atoms with Gasteiger partial charge in [0.1, 0.15) is 0 Å². The topological polar surface area (TPSA) is 0 Å². The van der Waals surface area contributed by atoms with E-state index in [4.69, 9.17) is 0 Å². The summed E-state index contributed by atoms with van der Waals surface area (Å²) in [4.78, 5) is 0. The third-order valence-electron chi connectivity index (χ3n) is 2.41. The average Bonchev–Trinajstić information content (AvgIpc) is 1.88. The molecule has 57 valence electrons. The first-order chi connectivity index (χ1) is 4.70. The summed E-state index contributed by atoms with van der Waals surface area (Å²) in [5.74, 6) is 1.69. The number of rotatable bonds is 0. The minimum atomic E-state index is 1.33. The highest BCUT2D eigenvalue weighted by atomic mass is 14.2. The van der Waals surface area contributed by atoms with Crippen molar-refractivity contribution >= 4 is 0 Å². The first kappa shape index (κ1) is 7.84. The Labute approximate surface area is 64.3 Å². The van der Waals surface area contributed by atoms with Crippen molar-refractivity contribution in [1.82, 2.24) is 0 Å². The van der Waals surface area contributed by atoms with Gasteiger partial charge >= 0.3 is 0 Å². The lowest BCUT2D eigenvalue weighted by Gasteiger charge is -2.20. The largest absolute Gasteiger partial charge is 0.0772 e. The van der Waals surface area contributed by atoms with E-state index in [-0.39, 0.29) is 0 Å². The number of hydrogen-bond acceptors (Lipinski definition) is 0. The molecule has 0 aromatic carbocycles. The standard InChI is InChI=1S/C10H17/c1-8(2)10-6-4-9(3)5-7-10/h4-7H2,1-3H3. The third kappa shape index (κ3) is 1.86. The zero-order chi connectivity index (χ0) is 7.56. The van der Waals surface area contributed by atoms with Crippen LogP contribution < -0.4 is 0 Å². The predicted molar refractivity (Wildman–Crippen MR) is 45.8 cm³/mol. The normalized spacial score (nSPS) is 21.3. The van der Waals surface area contributed by atoms with Gasteiger partial charge in [0.05, 0.1) is 0 Å². The fourth-order valence-corrected chi connectivity index (χ4v) is 1.48. The Bertz CT molecular complexity index is 128. The molecule has 1 aliphatic carbocycles. The predicted octanol–water partition coefficient (Wildman–Crippen LogP) is 3.49. The Morgan fingerprint density at radius 1 is 1.00 bits per heavy atom. The maximum Gasteiger partial charge on any atom is -0.0266 e. The smallest absolute Gasteiger partial charge is 0.0266 e. The second-order valence-electron chi connectivity index (χ2n) is 3.56. The average molecular weight is 137 g/mol. The van der Waals surface area contributed by atoms with E-state index in [1.807, 2.05) is 0 Å². The van der Waals surface area contributed by atoms with E-state index in [1.54, 1.807) is 17.1 Å². The molecule has 1 aliphatic rings. The Hall–Kier alpha value is -0.260. The Morgan fingerprint density at radius 3 is 1.90 bits per heavy atom. The van der Waals surface area contributed by atoms with Crippen molar-refractivity contribution in [2.45, 2.75) is 46.5 Å². The fourth-order valence-electron chi connectivity index (χ4n) is 1.48. The van der Waals surface area contributed by atoms with Crippen LogP contribution in [-0.2, 0) is 0 Å². The molecule has 0 aromatic rings. The molecular formula is C10H17. The Morgan fingerprint density at radius 2 is 1.50 bits per heavy atom.